The van der Waals surface area contributed by atoms with Crippen LogP contribution in [0.1, 0.15) is 33.9 Å². The van der Waals surface area contributed by atoms with E-state index >= 15 is 0 Å². The van der Waals surface area contributed by atoms with Crippen molar-refractivity contribution in [3.63, 3.8) is 0 Å². The Morgan fingerprint density at radius 1 is 1.23 bits per heavy atom. The molecule has 0 aromatic heterocycles. The number of fused-ring (bicyclic) bond motifs is 1. The highest BCUT2D eigenvalue weighted by molar-refractivity contribution is 7.99. The molecule has 0 bridgehead atoms. The van der Waals surface area contributed by atoms with Crippen LogP contribution in [0, 0.1) is 12.7 Å². The summed E-state index contributed by atoms with van der Waals surface area (Å²) in [6, 6.07) is 9.25. The summed E-state index contributed by atoms with van der Waals surface area (Å²) in [5, 5.41) is 2.95. The van der Waals surface area contributed by atoms with E-state index in [1.165, 1.54) is 28.2 Å². The third-order valence-electron chi connectivity index (χ3n) is 5.37. The number of thioether (sulfide) groups is 1. The van der Waals surface area contributed by atoms with Crippen molar-refractivity contribution < 1.29 is 22.3 Å². The van der Waals surface area contributed by atoms with Gasteiger partial charge in [0.2, 0.25) is 10.0 Å². The van der Waals surface area contributed by atoms with Crippen molar-refractivity contribution in [2.75, 3.05) is 32.1 Å². The molecule has 4 rings (SSSR count). The number of hydrogen-bond donors (Lipinski definition) is 1. The second-order valence-corrected chi connectivity index (χ2v) is 10.3. The molecular formula is C21H23FN2O4S2. The molecule has 160 valence electrons. The van der Waals surface area contributed by atoms with Crippen LogP contribution in [0.15, 0.2) is 46.2 Å². The molecule has 1 saturated heterocycles. The highest BCUT2D eigenvalue weighted by atomic mass is 32.2. The molecule has 6 nitrogen and oxygen atoms in total. The van der Waals surface area contributed by atoms with Crippen molar-refractivity contribution in [1.82, 2.24) is 9.62 Å². The number of aryl methyl sites for hydroxylation is 1. The largest absolute Gasteiger partial charge is 0.379 e. The van der Waals surface area contributed by atoms with E-state index in [0.29, 0.717) is 48.9 Å². The summed E-state index contributed by atoms with van der Waals surface area (Å²) in [5.74, 6) is 0.0369. The van der Waals surface area contributed by atoms with E-state index < -0.39 is 10.0 Å². The second kappa shape index (κ2) is 8.66. The number of carbonyl (C=O) groups excluding carboxylic acids is 1. The highest BCUT2D eigenvalue weighted by Gasteiger charge is 2.29. The third kappa shape index (κ3) is 4.12. The van der Waals surface area contributed by atoms with Crippen LogP contribution < -0.4 is 5.32 Å². The van der Waals surface area contributed by atoms with Crippen LogP contribution in [-0.2, 0) is 14.8 Å². The maximum Gasteiger partial charge on any atom is 0.251 e. The van der Waals surface area contributed by atoms with Gasteiger partial charge >= 0.3 is 0 Å². The van der Waals surface area contributed by atoms with Crippen molar-refractivity contribution in [1.29, 1.82) is 0 Å². The van der Waals surface area contributed by atoms with Gasteiger partial charge in [0.15, 0.2) is 0 Å². The van der Waals surface area contributed by atoms with Gasteiger partial charge < -0.3 is 10.1 Å². The van der Waals surface area contributed by atoms with Gasteiger partial charge in [-0.1, -0.05) is 18.2 Å². The molecule has 1 unspecified atom stereocenters. The van der Waals surface area contributed by atoms with E-state index in [1.807, 2.05) is 6.07 Å². The molecule has 2 aliphatic heterocycles. The van der Waals surface area contributed by atoms with E-state index in [-0.39, 0.29) is 28.2 Å². The Morgan fingerprint density at radius 2 is 2.00 bits per heavy atom. The van der Waals surface area contributed by atoms with Gasteiger partial charge in [-0.3, -0.25) is 4.79 Å². The Morgan fingerprint density at radius 3 is 2.77 bits per heavy atom. The van der Waals surface area contributed by atoms with Crippen molar-refractivity contribution in [2.45, 2.75) is 29.2 Å². The molecule has 2 heterocycles. The number of morpholine rings is 1. The van der Waals surface area contributed by atoms with Gasteiger partial charge in [0.1, 0.15) is 5.82 Å². The van der Waals surface area contributed by atoms with Crippen LogP contribution in [0.4, 0.5) is 4.39 Å². The third-order valence-corrected chi connectivity index (χ3v) is 8.57. The first-order valence-electron chi connectivity index (χ1n) is 9.78. The lowest BCUT2D eigenvalue weighted by Gasteiger charge is -2.27. The summed E-state index contributed by atoms with van der Waals surface area (Å²) in [5.41, 5.74) is 1.61. The number of ether oxygens (including phenoxy) is 1. The first-order chi connectivity index (χ1) is 14.4. The van der Waals surface area contributed by atoms with Crippen molar-refractivity contribution in [3.8, 4) is 0 Å². The van der Waals surface area contributed by atoms with Crippen LogP contribution in [0.5, 0.6) is 0 Å². The molecule has 0 aliphatic carbocycles. The summed E-state index contributed by atoms with van der Waals surface area (Å²) in [6.45, 7) is 3.01. The Balaban J connectivity index is 1.59. The summed E-state index contributed by atoms with van der Waals surface area (Å²) in [4.78, 5) is 13.6. The topological polar surface area (TPSA) is 75.7 Å². The fraction of sp³-hybridized carbons (Fsp3) is 0.381. The minimum atomic E-state index is -3.72. The number of rotatable bonds is 4. The van der Waals surface area contributed by atoms with E-state index in [9.17, 15) is 17.6 Å². The van der Waals surface area contributed by atoms with Crippen molar-refractivity contribution >= 4 is 27.7 Å². The first kappa shape index (κ1) is 21.3. The van der Waals surface area contributed by atoms with Gasteiger partial charge in [-0.05, 0) is 42.7 Å². The molecule has 2 aliphatic rings. The Hall–Kier alpha value is -1.94. The van der Waals surface area contributed by atoms with Crippen LogP contribution in [0.2, 0.25) is 0 Å². The normalized spacial score (nSPS) is 19.9. The number of carbonyl (C=O) groups is 1. The SMILES string of the molecule is Cc1ccc(C(=O)NC2CCSc3c(F)cccc32)cc1S(=O)(=O)N1CCOCC1. The molecule has 0 spiro atoms. The lowest BCUT2D eigenvalue weighted by atomic mass is 10.0. The zero-order valence-corrected chi connectivity index (χ0v) is 18.2. The minimum absolute atomic E-state index is 0.127. The fourth-order valence-electron chi connectivity index (χ4n) is 3.72. The first-order valence-corrected chi connectivity index (χ1v) is 12.2. The predicted molar refractivity (Wildman–Crippen MR) is 113 cm³/mol. The van der Waals surface area contributed by atoms with Crippen LogP contribution in [0.25, 0.3) is 0 Å². The molecule has 30 heavy (non-hydrogen) atoms. The van der Waals surface area contributed by atoms with Gasteiger partial charge in [0.25, 0.3) is 5.91 Å². The summed E-state index contributed by atoms with van der Waals surface area (Å²) >= 11 is 1.44. The average molecular weight is 451 g/mol. The molecule has 0 saturated carbocycles. The Kier molecular flexibility index (Phi) is 6.15. The molecule has 1 N–H and O–H groups in total. The molecule has 0 radical (unpaired) electrons. The van der Waals surface area contributed by atoms with Gasteiger partial charge in [-0.2, -0.15) is 4.31 Å². The van der Waals surface area contributed by atoms with Gasteiger partial charge in [0.05, 0.1) is 24.2 Å². The Labute approximate surface area is 179 Å². The second-order valence-electron chi connectivity index (χ2n) is 7.32. The number of halogens is 1. The predicted octanol–water partition coefficient (Wildman–Crippen LogP) is 3.12. The minimum Gasteiger partial charge on any atom is -0.379 e. The maximum atomic E-state index is 14.1. The smallest absolute Gasteiger partial charge is 0.251 e. The monoisotopic (exact) mass is 450 g/mol. The van der Waals surface area contributed by atoms with Gasteiger partial charge in [0, 0.05) is 29.3 Å². The van der Waals surface area contributed by atoms with Crippen LogP contribution in [0.3, 0.4) is 0 Å². The fourth-order valence-corrected chi connectivity index (χ4v) is 6.52. The van der Waals surface area contributed by atoms with Crippen molar-refractivity contribution in [3.05, 3.63) is 58.9 Å². The zero-order valence-electron chi connectivity index (χ0n) is 16.6. The molecule has 1 fully saturated rings. The molecule has 1 amide bonds. The molecule has 1 atom stereocenters. The molecule has 2 aromatic carbocycles. The van der Waals surface area contributed by atoms with E-state index in [0.717, 1.165) is 5.56 Å². The standard InChI is InChI=1S/C21H23FN2O4S2/c1-14-5-6-15(13-19(14)30(26,27)24-8-10-28-11-9-24)21(25)23-18-7-12-29-20-16(18)3-2-4-17(20)22/h2-6,13,18H,7-12H2,1H3,(H,23,25). The number of nitrogens with one attached hydrogen (secondary N) is 1. The molecule has 9 heteroatoms. The van der Waals surface area contributed by atoms with Crippen LogP contribution in [-0.4, -0.2) is 50.7 Å². The van der Waals surface area contributed by atoms with E-state index in [2.05, 4.69) is 5.32 Å². The lowest BCUT2D eigenvalue weighted by Crippen LogP contribution is -2.41. The van der Waals surface area contributed by atoms with E-state index in [1.54, 1.807) is 25.1 Å². The quantitative estimate of drug-likeness (QED) is 0.775. The number of hydrogen-bond acceptors (Lipinski definition) is 5. The lowest BCUT2D eigenvalue weighted by molar-refractivity contribution is 0.0730. The zero-order chi connectivity index (χ0) is 21.3. The van der Waals surface area contributed by atoms with Crippen molar-refractivity contribution in [2.24, 2.45) is 0 Å². The average Bonchev–Trinajstić information content (AvgIpc) is 2.75. The summed E-state index contributed by atoms with van der Waals surface area (Å²) in [7, 11) is -3.72. The molecular weight excluding hydrogens is 427 g/mol. The number of amides is 1. The number of sulfonamides is 1. The van der Waals surface area contributed by atoms with E-state index in [4.69, 9.17) is 4.74 Å². The number of benzene rings is 2. The molecule has 2 aromatic rings. The summed E-state index contributed by atoms with van der Waals surface area (Å²) in [6.07, 6.45) is 0.678. The van der Waals surface area contributed by atoms with Crippen LogP contribution >= 0.6 is 11.8 Å². The van der Waals surface area contributed by atoms with Gasteiger partial charge in [-0.15, -0.1) is 11.8 Å². The van der Waals surface area contributed by atoms with Gasteiger partial charge in [-0.25, -0.2) is 12.8 Å². The maximum absolute atomic E-state index is 14.1. The highest BCUT2D eigenvalue weighted by Crippen LogP contribution is 2.37. The summed E-state index contributed by atoms with van der Waals surface area (Å²) < 4.78 is 46.9. The number of nitrogens with zero attached hydrogens (tertiary/aromatic N) is 1. The Bertz CT molecular complexity index is 1070.